The quantitative estimate of drug-likeness (QED) is 0.435. The highest BCUT2D eigenvalue weighted by atomic mass is 16.5. The van der Waals surface area contributed by atoms with Gasteiger partial charge in [-0.1, -0.05) is 19.8 Å². The van der Waals surface area contributed by atoms with Crippen LogP contribution in [0, 0.1) is 18.3 Å². The number of terminal acetylenes is 1. The van der Waals surface area contributed by atoms with Gasteiger partial charge in [0.2, 0.25) is 0 Å². The van der Waals surface area contributed by atoms with E-state index in [1.165, 1.54) is 0 Å². The van der Waals surface area contributed by atoms with Crippen molar-refractivity contribution in [1.82, 2.24) is 0 Å². The molecule has 0 unspecified atom stereocenters. The summed E-state index contributed by atoms with van der Waals surface area (Å²) in [6.45, 7) is 5.01. The Morgan fingerprint density at radius 3 is 2.54 bits per heavy atom. The third-order valence-corrected chi connectivity index (χ3v) is 1.45. The van der Waals surface area contributed by atoms with E-state index >= 15 is 0 Å². The Hall–Kier alpha value is -0.850. The van der Waals surface area contributed by atoms with Gasteiger partial charge >= 0.3 is 0 Å². The van der Waals surface area contributed by atoms with Crippen molar-refractivity contribution in [3.63, 3.8) is 0 Å². The van der Waals surface area contributed by atoms with Crippen LogP contribution in [-0.4, -0.2) is 32.2 Å². The predicted molar refractivity (Wildman–Crippen MR) is 50.3 cm³/mol. The summed E-state index contributed by atoms with van der Waals surface area (Å²) in [5.74, 6) is 2.48. The molecule has 0 bridgehead atoms. The summed E-state index contributed by atoms with van der Waals surface area (Å²) in [5.41, 5.74) is 0. The highest BCUT2D eigenvalue weighted by Crippen LogP contribution is 1.94. The summed E-state index contributed by atoms with van der Waals surface area (Å²) in [6, 6.07) is 0. The smallest absolute Gasteiger partial charge is 0.160 e. The SMILES string of the molecule is C#CCOCCOCC(=O)C(C)C. The molecule has 0 aromatic carbocycles. The van der Waals surface area contributed by atoms with E-state index in [0.29, 0.717) is 19.8 Å². The van der Waals surface area contributed by atoms with Crippen molar-refractivity contribution in [1.29, 1.82) is 0 Å². The van der Waals surface area contributed by atoms with Gasteiger partial charge in [0.05, 0.1) is 13.2 Å². The molecule has 0 aliphatic carbocycles. The van der Waals surface area contributed by atoms with Crippen molar-refractivity contribution < 1.29 is 14.3 Å². The molecule has 0 saturated carbocycles. The van der Waals surface area contributed by atoms with Crippen molar-refractivity contribution >= 4 is 5.78 Å². The van der Waals surface area contributed by atoms with E-state index in [4.69, 9.17) is 15.9 Å². The van der Waals surface area contributed by atoms with Gasteiger partial charge in [-0.25, -0.2) is 0 Å². The molecule has 0 aromatic heterocycles. The van der Waals surface area contributed by atoms with Gasteiger partial charge in [-0.15, -0.1) is 6.42 Å². The molecule has 0 rings (SSSR count). The number of hydrogen-bond donors (Lipinski definition) is 0. The topological polar surface area (TPSA) is 35.5 Å². The maximum Gasteiger partial charge on any atom is 0.160 e. The number of ether oxygens (including phenoxy) is 2. The first-order chi connectivity index (χ1) is 6.18. The molecule has 0 heterocycles. The maximum absolute atomic E-state index is 11.0. The number of hydrogen-bond acceptors (Lipinski definition) is 3. The van der Waals surface area contributed by atoms with Crippen LogP contribution in [0.2, 0.25) is 0 Å². The number of ketones is 1. The lowest BCUT2D eigenvalue weighted by Gasteiger charge is -2.05. The minimum atomic E-state index is 0.0339. The van der Waals surface area contributed by atoms with Crippen LogP contribution in [0.5, 0.6) is 0 Å². The van der Waals surface area contributed by atoms with Crippen molar-refractivity contribution in [2.24, 2.45) is 5.92 Å². The van der Waals surface area contributed by atoms with E-state index in [1.807, 2.05) is 13.8 Å². The maximum atomic E-state index is 11.0. The lowest BCUT2D eigenvalue weighted by Crippen LogP contribution is -2.16. The molecule has 0 aromatic rings. The molecule has 0 spiro atoms. The highest BCUT2D eigenvalue weighted by molar-refractivity contribution is 5.81. The van der Waals surface area contributed by atoms with Crippen molar-refractivity contribution in [3.8, 4) is 12.3 Å². The van der Waals surface area contributed by atoms with Gasteiger partial charge in [0.15, 0.2) is 5.78 Å². The van der Waals surface area contributed by atoms with E-state index < -0.39 is 0 Å². The lowest BCUT2D eigenvalue weighted by molar-refractivity contribution is -0.126. The summed E-state index contributed by atoms with van der Waals surface area (Å²) in [5, 5.41) is 0. The van der Waals surface area contributed by atoms with Gasteiger partial charge < -0.3 is 9.47 Å². The molecule has 0 saturated heterocycles. The molecule has 74 valence electrons. The normalized spacial score (nSPS) is 10.0. The van der Waals surface area contributed by atoms with Crippen LogP contribution in [0.3, 0.4) is 0 Å². The molecule has 13 heavy (non-hydrogen) atoms. The van der Waals surface area contributed by atoms with Crippen LogP contribution in [0.4, 0.5) is 0 Å². The van der Waals surface area contributed by atoms with E-state index in [-0.39, 0.29) is 18.3 Å². The predicted octanol–water partition coefficient (Wildman–Crippen LogP) is 0.878. The molecule has 0 aliphatic heterocycles. The number of carbonyl (C=O) groups excluding carboxylic acids is 1. The summed E-state index contributed by atoms with van der Waals surface area (Å²) >= 11 is 0. The highest BCUT2D eigenvalue weighted by Gasteiger charge is 2.05. The molecule has 0 amide bonds. The second-order valence-electron chi connectivity index (χ2n) is 2.93. The molecule has 3 heteroatoms. The average Bonchev–Trinajstić information content (AvgIpc) is 2.10. The molecule has 0 aliphatic rings. The zero-order chi connectivity index (χ0) is 10.1. The van der Waals surface area contributed by atoms with Crippen LogP contribution >= 0.6 is 0 Å². The van der Waals surface area contributed by atoms with Crippen molar-refractivity contribution in [2.45, 2.75) is 13.8 Å². The van der Waals surface area contributed by atoms with Gasteiger partial charge in [-0.3, -0.25) is 4.79 Å². The second kappa shape index (κ2) is 7.78. The van der Waals surface area contributed by atoms with Gasteiger partial charge in [0.1, 0.15) is 13.2 Å². The fraction of sp³-hybridized carbons (Fsp3) is 0.700. The van der Waals surface area contributed by atoms with E-state index in [0.717, 1.165) is 0 Å². The summed E-state index contributed by atoms with van der Waals surface area (Å²) in [4.78, 5) is 11.0. The molecular formula is C10H16O3. The van der Waals surface area contributed by atoms with E-state index in [1.54, 1.807) is 0 Å². The van der Waals surface area contributed by atoms with E-state index in [2.05, 4.69) is 5.92 Å². The Labute approximate surface area is 79.4 Å². The Morgan fingerprint density at radius 1 is 1.38 bits per heavy atom. The van der Waals surface area contributed by atoms with Gasteiger partial charge in [-0.05, 0) is 0 Å². The minimum absolute atomic E-state index is 0.0339. The Balaban J connectivity index is 3.17. The number of carbonyl (C=O) groups is 1. The van der Waals surface area contributed by atoms with Crippen LogP contribution in [0.25, 0.3) is 0 Å². The van der Waals surface area contributed by atoms with Crippen LogP contribution < -0.4 is 0 Å². The fourth-order valence-corrected chi connectivity index (χ4v) is 0.588. The lowest BCUT2D eigenvalue weighted by atomic mass is 10.1. The Bertz CT molecular complexity index is 179. The zero-order valence-corrected chi connectivity index (χ0v) is 8.21. The largest absolute Gasteiger partial charge is 0.371 e. The first-order valence-corrected chi connectivity index (χ1v) is 4.30. The van der Waals surface area contributed by atoms with Gasteiger partial charge in [0, 0.05) is 5.92 Å². The average molecular weight is 184 g/mol. The molecule has 0 fully saturated rings. The number of Topliss-reactive ketones (excluding diaryl/α,β-unsaturated/α-hetero) is 1. The molecule has 0 radical (unpaired) electrons. The molecule has 0 N–H and O–H groups in total. The third-order valence-electron chi connectivity index (χ3n) is 1.45. The molecular weight excluding hydrogens is 168 g/mol. The summed E-state index contributed by atoms with van der Waals surface area (Å²) in [6.07, 6.45) is 4.96. The molecule has 3 nitrogen and oxygen atoms in total. The first-order valence-electron chi connectivity index (χ1n) is 4.30. The zero-order valence-electron chi connectivity index (χ0n) is 8.21. The van der Waals surface area contributed by atoms with Crippen LogP contribution in [0.1, 0.15) is 13.8 Å². The van der Waals surface area contributed by atoms with Crippen LogP contribution in [0.15, 0.2) is 0 Å². The first kappa shape index (κ1) is 12.2. The van der Waals surface area contributed by atoms with E-state index in [9.17, 15) is 4.79 Å². The Morgan fingerprint density at radius 2 is 2.00 bits per heavy atom. The minimum Gasteiger partial charge on any atom is -0.371 e. The second-order valence-corrected chi connectivity index (χ2v) is 2.93. The summed E-state index contributed by atoms with van der Waals surface area (Å²) in [7, 11) is 0. The standard InChI is InChI=1S/C10H16O3/c1-4-5-12-6-7-13-8-10(11)9(2)3/h1,9H,5-8H2,2-3H3. The monoisotopic (exact) mass is 184 g/mol. The van der Waals surface area contributed by atoms with Crippen molar-refractivity contribution in [3.05, 3.63) is 0 Å². The third kappa shape index (κ3) is 7.51. The Kier molecular flexibility index (Phi) is 7.27. The molecule has 0 atom stereocenters. The van der Waals surface area contributed by atoms with Crippen molar-refractivity contribution in [2.75, 3.05) is 26.4 Å². The fourth-order valence-electron chi connectivity index (χ4n) is 0.588. The van der Waals surface area contributed by atoms with Crippen LogP contribution in [-0.2, 0) is 14.3 Å². The van der Waals surface area contributed by atoms with Gasteiger partial charge in [-0.2, -0.15) is 0 Å². The summed E-state index contributed by atoms with van der Waals surface area (Å²) < 4.78 is 10.0. The van der Waals surface area contributed by atoms with Gasteiger partial charge in [0.25, 0.3) is 0 Å². The number of rotatable bonds is 7.